The Morgan fingerprint density at radius 2 is 2.14 bits per heavy atom. The second kappa shape index (κ2) is 5.55. The molecule has 0 aliphatic rings. The third-order valence-corrected chi connectivity index (χ3v) is 0.869. The maximum Gasteiger partial charge on any atom is 0.0791 e. The van der Waals surface area contributed by atoms with Crippen LogP contribution in [-0.4, -0.2) is 4.98 Å². The van der Waals surface area contributed by atoms with Crippen molar-refractivity contribution in [2.24, 2.45) is 11.7 Å². The molecular formula is C3H7N3S. The molecule has 0 unspecified atom stereocenters. The first-order chi connectivity index (χ1) is 3.50. The molecule has 1 aromatic rings. The highest BCUT2D eigenvalue weighted by Crippen LogP contribution is 1.85. The molecule has 4 N–H and O–H groups in total. The maximum atomic E-state index is 4.00. The number of rotatable bonds is 0. The van der Waals surface area contributed by atoms with Crippen LogP contribution in [0.4, 0.5) is 0 Å². The van der Waals surface area contributed by atoms with Gasteiger partial charge in [0.15, 0.2) is 0 Å². The number of hydrazine groups is 1. The van der Waals surface area contributed by atoms with Crippen LogP contribution in [0, 0.1) is 0 Å². The molecule has 4 heteroatoms. The zero-order valence-corrected chi connectivity index (χ0v) is 4.56. The molecule has 0 aromatic carbocycles. The Morgan fingerprint density at radius 3 is 2.29 bits per heavy atom. The van der Waals surface area contributed by atoms with Gasteiger partial charge in [-0.3, -0.25) is 16.7 Å². The van der Waals surface area contributed by atoms with Gasteiger partial charge in [0.2, 0.25) is 0 Å². The Morgan fingerprint density at radius 1 is 1.43 bits per heavy atom. The summed E-state index contributed by atoms with van der Waals surface area (Å²) in [5.41, 5.74) is 1.79. The lowest BCUT2D eigenvalue weighted by Crippen LogP contribution is -2.02. The molecule has 0 spiro atoms. The molecule has 0 aliphatic carbocycles. The molecule has 0 radical (unpaired) electrons. The molecule has 1 rings (SSSR count). The third-order valence-electron chi connectivity index (χ3n) is 0.347. The van der Waals surface area contributed by atoms with Gasteiger partial charge >= 0.3 is 0 Å². The smallest absolute Gasteiger partial charge is 0.0791 e. The van der Waals surface area contributed by atoms with E-state index >= 15 is 0 Å². The van der Waals surface area contributed by atoms with E-state index in [0.717, 1.165) is 0 Å². The maximum absolute atomic E-state index is 4.00. The van der Waals surface area contributed by atoms with Crippen molar-refractivity contribution in [2.75, 3.05) is 0 Å². The normalized spacial score (nSPS) is 6.57. The zero-order chi connectivity index (χ0) is 5.54. The van der Waals surface area contributed by atoms with Crippen molar-refractivity contribution < 1.29 is 0 Å². The number of nitrogens with two attached hydrogens (primary N) is 2. The van der Waals surface area contributed by atoms with Crippen molar-refractivity contribution in [2.45, 2.75) is 0 Å². The molecule has 0 saturated carbocycles. The van der Waals surface area contributed by atoms with Crippen molar-refractivity contribution in [3.8, 4) is 0 Å². The van der Waals surface area contributed by atoms with E-state index in [2.05, 4.69) is 16.7 Å². The number of thiazole rings is 1. The molecule has 0 amide bonds. The van der Waals surface area contributed by atoms with Gasteiger partial charge in [0.25, 0.3) is 0 Å². The zero-order valence-electron chi connectivity index (χ0n) is 3.74. The first kappa shape index (κ1) is 6.55. The first-order valence-corrected chi connectivity index (χ1v) is 2.60. The van der Waals surface area contributed by atoms with Gasteiger partial charge in [-0.05, 0) is 0 Å². The summed E-state index contributed by atoms with van der Waals surface area (Å²) in [4.78, 5) is 3.74. The van der Waals surface area contributed by atoms with Gasteiger partial charge in [0.1, 0.15) is 0 Å². The standard InChI is InChI=1S/C3H3NS.H4N2/c1-2-5-3-4-1;1-2/h1-3H;1-2H2. The predicted molar refractivity (Wildman–Crippen MR) is 30.5 cm³/mol. The number of nitrogens with zero attached hydrogens (tertiary/aromatic N) is 1. The lowest BCUT2D eigenvalue weighted by Gasteiger charge is -1.41. The Balaban J connectivity index is 0.000000162. The molecule has 0 fully saturated rings. The largest absolute Gasteiger partial charge is 0.274 e. The minimum Gasteiger partial charge on any atom is -0.274 e. The van der Waals surface area contributed by atoms with Gasteiger partial charge in [0, 0.05) is 11.6 Å². The molecule has 3 nitrogen and oxygen atoms in total. The Kier molecular flexibility index (Phi) is 5.19. The van der Waals surface area contributed by atoms with Crippen molar-refractivity contribution >= 4 is 11.3 Å². The minimum atomic E-state index is 1.60. The quantitative estimate of drug-likeness (QED) is 0.370. The van der Waals surface area contributed by atoms with Gasteiger partial charge in [0.05, 0.1) is 5.51 Å². The summed E-state index contributed by atoms with van der Waals surface area (Å²) in [5.74, 6) is 8.00. The fourth-order valence-corrected chi connectivity index (χ4v) is 0.527. The van der Waals surface area contributed by atoms with Crippen LogP contribution < -0.4 is 11.7 Å². The van der Waals surface area contributed by atoms with Gasteiger partial charge in [-0.25, -0.2) is 0 Å². The summed E-state index contributed by atoms with van der Waals surface area (Å²) in [7, 11) is 0. The summed E-state index contributed by atoms with van der Waals surface area (Å²) in [6.45, 7) is 0. The minimum absolute atomic E-state index is 1.60. The molecule has 1 aromatic heterocycles. The molecule has 0 aliphatic heterocycles. The first-order valence-electron chi connectivity index (χ1n) is 1.65. The fourth-order valence-electron chi connectivity index (χ4n) is 0.176. The van der Waals surface area contributed by atoms with E-state index in [-0.39, 0.29) is 0 Å². The summed E-state index contributed by atoms with van der Waals surface area (Å²) < 4.78 is 0. The van der Waals surface area contributed by atoms with E-state index in [0.29, 0.717) is 0 Å². The van der Waals surface area contributed by atoms with Gasteiger partial charge in [-0.15, -0.1) is 11.3 Å². The van der Waals surface area contributed by atoms with E-state index in [1.54, 1.807) is 23.0 Å². The second-order valence-electron chi connectivity index (χ2n) is 0.676. The Labute approximate surface area is 45.9 Å². The fraction of sp³-hybridized carbons (Fsp3) is 0. The molecule has 0 atom stereocenters. The van der Waals surface area contributed by atoms with Crippen LogP contribution in [-0.2, 0) is 0 Å². The summed E-state index contributed by atoms with van der Waals surface area (Å²) in [6, 6.07) is 0. The van der Waals surface area contributed by atoms with Crippen LogP contribution in [0.5, 0.6) is 0 Å². The van der Waals surface area contributed by atoms with E-state index in [4.69, 9.17) is 0 Å². The van der Waals surface area contributed by atoms with Crippen molar-refractivity contribution in [3.05, 3.63) is 17.1 Å². The summed E-state index contributed by atoms with van der Waals surface area (Å²) in [6.07, 6.45) is 1.77. The summed E-state index contributed by atoms with van der Waals surface area (Å²) in [5, 5.41) is 1.93. The third kappa shape index (κ3) is 3.38. The second-order valence-corrected chi connectivity index (χ2v) is 1.43. The average molecular weight is 117 g/mol. The van der Waals surface area contributed by atoms with Crippen LogP contribution in [0.2, 0.25) is 0 Å². The molecule has 0 bridgehead atoms. The highest BCUT2D eigenvalue weighted by Gasteiger charge is 1.59. The van der Waals surface area contributed by atoms with Gasteiger partial charge in [-0.1, -0.05) is 0 Å². The van der Waals surface area contributed by atoms with E-state index in [9.17, 15) is 0 Å². The molecule has 1 heterocycles. The topological polar surface area (TPSA) is 64.9 Å². The highest BCUT2D eigenvalue weighted by atomic mass is 32.1. The lowest BCUT2D eigenvalue weighted by atomic mass is 11.0. The lowest BCUT2D eigenvalue weighted by molar-refractivity contribution is 1.26. The number of aromatic nitrogens is 1. The van der Waals surface area contributed by atoms with Crippen LogP contribution in [0.15, 0.2) is 17.1 Å². The number of hydrogen-bond acceptors (Lipinski definition) is 4. The molecule has 0 saturated heterocycles. The number of hydrogen-bond donors (Lipinski definition) is 2. The van der Waals surface area contributed by atoms with E-state index in [1.807, 2.05) is 5.38 Å². The van der Waals surface area contributed by atoms with Crippen molar-refractivity contribution in [3.63, 3.8) is 0 Å². The summed E-state index contributed by atoms with van der Waals surface area (Å²) >= 11 is 1.60. The van der Waals surface area contributed by atoms with Crippen molar-refractivity contribution in [1.29, 1.82) is 0 Å². The van der Waals surface area contributed by atoms with E-state index in [1.165, 1.54) is 0 Å². The van der Waals surface area contributed by atoms with E-state index < -0.39 is 0 Å². The molecular weight excluding hydrogens is 110 g/mol. The Bertz CT molecular complexity index is 66.7. The van der Waals surface area contributed by atoms with Crippen LogP contribution in [0.3, 0.4) is 0 Å². The van der Waals surface area contributed by atoms with Gasteiger partial charge < -0.3 is 0 Å². The van der Waals surface area contributed by atoms with Crippen molar-refractivity contribution in [1.82, 2.24) is 4.98 Å². The Hall–Kier alpha value is -0.450. The average Bonchev–Trinajstić information content (AvgIpc) is 2.23. The monoisotopic (exact) mass is 117 g/mol. The van der Waals surface area contributed by atoms with Crippen LogP contribution >= 0.6 is 11.3 Å². The van der Waals surface area contributed by atoms with Gasteiger partial charge in [-0.2, -0.15) is 0 Å². The SMILES string of the molecule is NN.c1cscn1. The predicted octanol–water partition coefficient (Wildman–Crippen LogP) is -0.0381. The van der Waals surface area contributed by atoms with Crippen LogP contribution in [0.25, 0.3) is 0 Å². The highest BCUT2D eigenvalue weighted by molar-refractivity contribution is 7.07. The van der Waals surface area contributed by atoms with Crippen LogP contribution in [0.1, 0.15) is 0 Å². The molecule has 7 heavy (non-hydrogen) atoms. The molecule has 40 valence electrons.